The molecule has 5 heteroatoms. The fourth-order valence-corrected chi connectivity index (χ4v) is 2.84. The first-order valence-electron chi connectivity index (χ1n) is 6.29. The summed E-state index contributed by atoms with van der Waals surface area (Å²) in [7, 11) is 0. The lowest BCUT2D eigenvalue weighted by Gasteiger charge is -2.17. The van der Waals surface area contributed by atoms with E-state index < -0.39 is 17.8 Å². The van der Waals surface area contributed by atoms with E-state index in [1.165, 1.54) is 0 Å². The molecule has 0 aromatic heterocycles. The summed E-state index contributed by atoms with van der Waals surface area (Å²) in [6.45, 7) is 1.85. The summed E-state index contributed by atoms with van der Waals surface area (Å²) < 4.78 is 0. The van der Waals surface area contributed by atoms with E-state index in [1.807, 2.05) is 19.1 Å². The average molecular weight is 282 g/mol. The van der Waals surface area contributed by atoms with Gasteiger partial charge in [0, 0.05) is 0 Å². The van der Waals surface area contributed by atoms with Gasteiger partial charge in [-0.1, -0.05) is 30.2 Å². The molecule has 0 heterocycles. The van der Waals surface area contributed by atoms with Crippen molar-refractivity contribution >= 4 is 29.2 Å². The minimum absolute atomic E-state index is 0.249. The third kappa shape index (κ3) is 2.89. The Hall–Kier alpha value is -1.55. The van der Waals surface area contributed by atoms with Crippen LogP contribution in [-0.2, 0) is 9.59 Å². The number of carboxylic acids is 1. The molecule has 0 unspecified atom stereocenters. The number of halogens is 1. The van der Waals surface area contributed by atoms with Gasteiger partial charge in [-0.05, 0) is 31.4 Å². The second kappa shape index (κ2) is 5.61. The SMILES string of the molecule is Cc1cccc(Cl)c1NC(=O)[C@@H]1CCC[C@@H]1C(=O)O. The van der Waals surface area contributed by atoms with E-state index in [4.69, 9.17) is 16.7 Å². The quantitative estimate of drug-likeness (QED) is 0.895. The average Bonchev–Trinajstić information content (AvgIpc) is 2.83. The van der Waals surface area contributed by atoms with Gasteiger partial charge >= 0.3 is 5.97 Å². The van der Waals surface area contributed by atoms with Crippen LogP contribution in [0.25, 0.3) is 0 Å². The van der Waals surface area contributed by atoms with Crippen molar-refractivity contribution in [3.8, 4) is 0 Å². The number of anilines is 1. The summed E-state index contributed by atoms with van der Waals surface area (Å²) >= 11 is 6.05. The zero-order chi connectivity index (χ0) is 14.0. The molecule has 4 nitrogen and oxygen atoms in total. The molecule has 1 saturated carbocycles. The van der Waals surface area contributed by atoms with Gasteiger partial charge in [-0.3, -0.25) is 9.59 Å². The number of carbonyl (C=O) groups is 2. The fraction of sp³-hybridized carbons (Fsp3) is 0.429. The van der Waals surface area contributed by atoms with Crippen LogP contribution in [0.2, 0.25) is 5.02 Å². The first-order valence-corrected chi connectivity index (χ1v) is 6.67. The Kier molecular flexibility index (Phi) is 4.10. The molecular formula is C14H16ClNO3. The second-order valence-electron chi connectivity index (χ2n) is 4.90. The number of aryl methyl sites for hydroxylation is 1. The summed E-state index contributed by atoms with van der Waals surface area (Å²) in [5.41, 5.74) is 1.44. The number of carboxylic acid groups (broad SMARTS) is 1. The molecule has 0 bridgehead atoms. The highest BCUT2D eigenvalue weighted by Crippen LogP contribution is 2.34. The predicted octanol–water partition coefficient (Wildman–Crippen LogP) is 3.09. The molecule has 1 aliphatic carbocycles. The van der Waals surface area contributed by atoms with Crippen molar-refractivity contribution in [3.63, 3.8) is 0 Å². The number of hydrogen-bond donors (Lipinski definition) is 2. The molecule has 1 amide bonds. The number of benzene rings is 1. The Labute approximate surface area is 116 Å². The molecule has 1 aromatic rings. The molecule has 1 fully saturated rings. The van der Waals surface area contributed by atoms with Crippen LogP contribution in [0.4, 0.5) is 5.69 Å². The smallest absolute Gasteiger partial charge is 0.307 e. The zero-order valence-electron chi connectivity index (χ0n) is 10.6. The van der Waals surface area contributed by atoms with Crippen molar-refractivity contribution in [3.05, 3.63) is 28.8 Å². The van der Waals surface area contributed by atoms with E-state index in [2.05, 4.69) is 5.32 Å². The molecular weight excluding hydrogens is 266 g/mol. The van der Waals surface area contributed by atoms with Crippen molar-refractivity contribution in [1.82, 2.24) is 0 Å². The van der Waals surface area contributed by atoms with E-state index >= 15 is 0 Å². The normalized spacial score (nSPS) is 22.2. The molecule has 1 aliphatic rings. The fourth-order valence-electron chi connectivity index (χ4n) is 2.58. The molecule has 102 valence electrons. The lowest BCUT2D eigenvalue weighted by molar-refractivity contribution is -0.145. The zero-order valence-corrected chi connectivity index (χ0v) is 11.4. The number of rotatable bonds is 3. The van der Waals surface area contributed by atoms with E-state index in [9.17, 15) is 9.59 Å². The molecule has 0 saturated heterocycles. The minimum atomic E-state index is -0.895. The van der Waals surface area contributed by atoms with Crippen molar-refractivity contribution in [2.45, 2.75) is 26.2 Å². The first-order chi connectivity index (χ1) is 9.00. The maximum absolute atomic E-state index is 12.2. The number of amides is 1. The lowest BCUT2D eigenvalue weighted by atomic mass is 9.95. The van der Waals surface area contributed by atoms with Gasteiger partial charge in [-0.15, -0.1) is 0 Å². The third-order valence-electron chi connectivity index (χ3n) is 3.64. The van der Waals surface area contributed by atoms with Crippen LogP contribution in [0.15, 0.2) is 18.2 Å². The maximum atomic E-state index is 12.2. The summed E-state index contributed by atoms with van der Waals surface area (Å²) in [5.74, 6) is -2.19. The molecule has 0 radical (unpaired) electrons. The summed E-state index contributed by atoms with van der Waals surface area (Å²) in [4.78, 5) is 23.3. The number of hydrogen-bond acceptors (Lipinski definition) is 2. The van der Waals surface area contributed by atoms with Gasteiger partial charge in [0.05, 0.1) is 22.5 Å². The van der Waals surface area contributed by atoms with Crippen molar-refractivity contribution < 1.29 is 14.7 Å². The highest BCUT2D eigenvalue weighted by Gasteiger charge is 2.37. The first kappa shape index (κ1) is 13.9. The highest BCUT2D eigenvalue weighted by atomic mass is 35.5. The van der Waals surface area contributed by atoms with E-state index in [0.717, 1.165) is 12.0 Å². The Morgan fingerprint density at radius 3 is 2.63 bits per heavy atom. The summed E-state index contributed by atoms with van der Waals surface area (Å²) in [6, 6.07) is 5.36. The Morgan fingerprint density at radius 1 is 1.32 bits per heavy atom. The Balaban J connectivity index is 2.15. The second-order valence-corrected chi connectivity index (χ2v) is 5.31. The van der Waals surface area contributed by atoms with Gasteiger partial charge in [0.2, 0.25) is 5.91 Å². The van der Waals surface area contributed by atoms with E-state index in [1.54, 1.807) is 6.07 Å². The van der Waals surface area contributed by atoms with Gasteiger partial charge in [0.15, 0.2) is 0 Å². The minimum Gasteiger partial charge on any atom is -0.481 e. The number of aliphatic carboxylic acids is 1. The number of carbonyl (C=O) groups excluding carboxylic acids is 1. The van der Waals surface area contributed by atoms with Crippen LogP contribution >= 0.6 is 11.6 Å². The van der Waals surface area contributed by atoms with E-state index in [0.29, 0.717) is 23.6 Å². The van der Waals surface area contributed by atoms with Crippen LogP contribution in [0.3, 0.4) is 0 Å². The van der Waals surface area contributed by atoms with Gasteiger partial charge < -0.3 is 10.4 Å². The highest BCUT2D eigenvalue weighted by molar-refractivity contribution is 6.34. The number of nitrogens with one attached hydrogen (secondary N) is 1. The topological polar surface area (TPSA) is 66.4 Å². The summed E-state index contributed by atoms with van der Waals surface area (Å²) in [6.07, 6.45) is 1.96. The Bertz CT molecular complexity index is 495. The molecule has 19 heavy (non-hydrogen) atoms. The molecule has 2 rings (SSSR count). The largest absolute Gasteiger partial charge is 0.481 e. The molecule has 2 N–H and O–H groups in total. The van der Waals surface area contributed by atoms with Crippen molar-refractivity contribution in [2.24, 2.45) is 11.8 Å². The van der Waals surface area contributed by atoms with Crippen LogP contribution in [0.1, 0.15) is 24.8 Å². The van der Waals surface area contributed by atoms with Crippen LogP contribution in [0.5, 0.6) is 0 Å². The Morgan fingerprint density at radius 2 is 2.00 bits per heavy atom. The van der Waals surface area contributed by atoms with Gasteiger partial charge in [-0.25, -0.2) is 0 Å². The van der Waals surface area contributed by atoms with Crippen LogP contribution < -0.4 is 5.32 Å². The molecule has 0 spiro atoms. The van der Waals surface area contributed by atoms with Crippen molar-refractivity contribution in [2.75, 3.05) is 5.32 Å². The van der Waals surface area contributed by atoms with Crippen LogP contribution in [-0.4, -0.2) is 17.0 Å². The predicted molar refractivity (Wildman–Crippen MR) is 73.3 cm³/mol. The lowest BCUT2D eigenvalue weighted by Crippen LogP contribution is -2.30. The van der Waals surface area contributed by atoms with Gasteiger partial charge in [0.1, 0.15) is 0 Å². The molecule has 1 aromatic carbocycles. The van der Waals surface area contributed by atoms with Gasteiger partial charge in [-0.2, -0.15) is 0 Å². The third-order valence-corrected chi connectivity index (χ3v) is 3.96. The number of para-hydroxylation sites is 1. The van der Waals surface area contributed by atoms with Gasteiger partial charge in [0.25, 0.3) is 0 Å². The maximum Gasteiger partial charge on any atom is 0.307 e. The summed E-state index contributed by atoms with van der Waals surface area (Å²) in [5, 5.41) is 12.3. The molecule has 0 aliphatic heterocycles. The van der Waals surface area contributed by atoms with Crippen molar-refractivity contribution in [1.29, 1.82) is 0 Å². The van der Waals surface area contributed by atoms with Crippen LogP contribution in [0, 0.1) is 18.8 Å². The standard InChI is InChI=1S/C14H16ClNO3/c1-8-4-2-7-11(15)12(8)16-13(17)9-5-3-6-10(9)14(18)19/h2,4,7,9-10H,3,5-6H2,1H3,(H,16,17)(H,18,19)/t9-,10+/m1/s1. The monoisotopic (exact) mass is 281 g/mol. The van der Waals surface area contributed by atoms with E-state index in [-0.39, 0.29) is 5.91 Å². The molecule has 2 atom stereocenters.